The smallest absolute Gasteiger partial charge is 0.378 e. The van der Waals surface area contributed by atoms with Crippen molar-refractivity contribution in [1.29, 1.82) is 0 Å². The summed E-state index contributed by atoms with van der Waals surface area (Å²) in [7, 11) is 0. The van der Waals surface area contributed by atoms with E-state index in [1.807, 2.05) is 25.1 Å². The van der Waals surface area contributed by atoms with E-state index in [-0.39, 0.29) is 0 Å². The van der Waals surface area contributed by atoms with Gasteiger partial charge in [-0.25, -0.2) is 0 Å². The Morgan fingerprint density at radius 1 is 1.10 bits per heavy atom. The van der Waals surface area contributed by atoms with E-state index in [4.69, 9.17) is 0 Å². The fraction of sp³-hybridized carbons (Fsp3) is 0.250. The fourth-order valence-corrected chi connectivity index (χ4v) is 2.57. The van der Waals surface area contributed by atoms with Gasteiger partial charge in [0.25, 0.3) is 0 Å². The molecule has 2 aromatic rings. The second-order valence-electron chi connectivity index (χ2n) is 4.89. The van der Waals surface area contributed by atoms with Crippen LogP contribution in [0.25, 0.3) is 0 Å². The fourth-order valence-electron chi connectivity index (χ4n) is 2.05. The lowest BCUT2D eigenvalue weighted by Crippen LogP contribution is -2.20. The third-order valence-corrected chi connectivity index (χ3v) is 4.31. The lowest BCUT2D eigenvalue weighted by atomic mass is 10.0. The van der Waals surface area contributed by atoms with E-state index in [2.05, 4.69) is 27.9 Å². The van der Waals surface area contributed by atoms with Crippen molar-refractivity contribution in [3.63, 3.8) is 0 Å². The van der Waals surface area contributed by atoms with Crippen LogP contribution in [-0.4, -0.2) is 6.18 Å². The summed E-state index contributed by atoms with van der Waals surface area (Å²) < 4.78 is 39.4. The Balaban J connectivity index is 2.25. The third-order valence-electron chi connectivity index (χ3n) is 3.15. The molecule has 0 aliphatic carbocycles. The maximum Gasteiger partial charge on any atom is 0.391 e. The van der Waals surface area contributed by atoms with Gasteiger partial charge in [-0.15, -0.1) is 0 Å². The number of nitrogens with one attached hydrogen (secondary N) is 1. The molecule has 0 radical (unpaired) electrons. The van der Waals surface area contributed by atoms with Crippen LogP contribution in [0.15, 0.2) is 48.5 Å². The first kappa shape index (κ1) is 16.1. The zero-order chi connectivity index (χ0) is 15.5. The molecule has 0 heterocycles. The van der Waals surface area contributed by atoms with Crippen molar-refractivity contribution in [3.05, 3.63) is 63.2 Å². The van der Waals surface area contributed by atoms with E-state index < -0.39 is 18.6 Å². The van der Waals surface area contributed by atoms with Crippen LogP contribution in [0, 0.1) is 10.5 Å². The van der Waals surface area contributed by atoms with Crippen LogP contribution in [0.2, 0.25) is 0 Å². The first-order chi connectivity index (χ1) is 9.85. The van der Waals surface area contributed by atoms with Gasteiger partial charge in [0.05, 0.1) is 12.5 Å². The van der Waals surface area contributed by atoms with Gasteiger partial charge in [-0.05, 0) is 52.8 Å². The predicted molar refractivity (Wildman–Crippen MR) is 87.4 cm³/mol. The van der Waals surface area contributed by atoms with Gasteiger partial charge in [-0.1, -0.05) is 36.4 Å². The van der Waals surface area contributed by atoms with Crippen LogP contribution < -0.4 is 5.32 Å². The quantitative estimate of drug-likeness (QED) is 0.643. The Morgan fingerprint density at radius 3 is 2.33 bits per heavy atom. The summed E-state index contributed by atoms with van der Waals surface area (Å²) in [5.41, 5.74) is 2.43. The molecule has 1 unspecified atom stereocenters. The minimum Gasteiger partial charge on any atom is -0.378 e. The van der Waals surface area contributed by atoms with Crippen molar-refractivity contribution in [2.75, 3.05) is 5.32 Å². The molecule has 1 atom stereocenters. The number of alkyl halides is 3. The van der Waals surface area contributed by atoms with Gasteiger partial charge in [0.2, 0.25) is 0 Å². The van der Waals surface area contributed by atoms with Gasteiger partial charge < -0.3 is 5.32 Å². The zero-order valence-corrected chi connectivity index (χ0v) is 13.6. The summed E-state index contributed by atoms with van der Waals surface area (Å²) >= 11 is 2.18. The monoisotopic (exact) mass is 405 g/mol. The molecule has 0 saturated heterocycles. The topological polar surface area (TPSA) is 12.0 Å². The molecule has 1 nitrogen and oxygen atoms in total. The number of halogens is 4. The standard InChI is InChI=1S/C16H15F3IN/c1-11-7-8-13(9-14(11)20)21-15(10-16(17,18)19)12-5-3-2-4-6-12/h2-9,15,21H,10H2,1H3. The molecule has 0 bridgehead atoms. The van der Waals surface area contributed by atoms with Gasteiger partial charge >= 0.3 is 6.18 Å². The third kappa shape index (κ3) is 4.91. The molecule has 0 amide bonds. The van der Waals surface area contributed by atoms with Crippen LogP contribution >= 0.6 is 22.6 Å². The Kier molecular flexibility index (Phi) is 5.13. The number of aryl methyl sites for hydroxylation is 1. The highest BCUT2D eigenvalue weighted by atomic mass is 127. The lowest BCUT2D eigenvalue weighted by molar-refractivity contribution is -0.137. The molecule has 5 heteroatoms. The van der Waals surface area contributed by atoms with E-state index in [9.17, 15) is 13.2 Å². The minimum absolute atomic E-state index is 0.630. The van der Waals surface area contributed by atoms with Gasteiger partial charge in [0.15, 0.2) is 0 Å². The lowest BCUT2D eigenvalue weighted by Gasteiger charge is -2.22. The van der Waals surface area contributed by atoms with Crippen LogP contribution in [0.1, 0.15) is 23.6 Å². The number of benzene rings is 2. The van der Waals surface area contributed by atoms with E-state index >= 15 is 0 Å². The van der Waals surface area contributed by atoms with E-state index in [1.54, 1.807) is 30.3 Å². The normalized spacial score (nSPS) is 13.0. The van der Waals surface area contributed by atoms with Crippen LogP contribution in [0.5, 0.6) is 0 Å². The van der Waals surface area contributed by atoms with Crippen molar-refractivity contribution in [2.24, 2.45) is 0 Å². The van der Waals surface area contributed by atoms with E-state index in [1.165, 1.54) is 0 Å². The highest BCUT2D eigenvalue weighted by molar-refractivity contribution is 14.1. The molecule has 2 rings (SSSR count). The first-order valence-electron chi connectivity index (χ1n) is 6.49. The molecule has 21 heavy (non-hydrogen) atoms. The summed E-state index contributed by atoms with van der Waals surface area (Å²) in [6.45, 7) is 1.97. The number of hydrogen-bond acceptors (Lipinski definition) is 1. The van der Waals surface area contributed by atoms with E-state index in [0.717, 1.165) is 9.13 Å². The summed E-state index contributed by atoms with van der Waals surface area (Å²) in [6.07, 6.45) is -5.12. The second kappa shape index (κ2) is 6.68. The molecule has 0 spiro atoms. The van der Waals surface area contributed by atoms with Gasteiger partial charge in [0.1, 0.15) is 0 Å². The van der Waals surface area contributed by atoms with Crippen molar-refractivity contribution in [1.82, 2.24) is 0 Å². The van der Waals surface area contributed by atoms with E-state index in [0.29, 0.717) is 11.3 Å². The van der Waals surface area contributed by atoms with Crippen molar-refractivity contribution >= 4 is 28.3 Å². The molecule has 2 aromatic carbocycles. The molecule has 0 aromatic heterocycles. The molecule has 0 fully saturated rings. The van der Waals surface area contributed by atoms with Gasteiger partial charge in [-0.3, -0.25) is 0 Å². The Labute approximate surface area is 135 Å². The van der Waals surface area contributed by atoms with Crippen molar-refractivity contribution in [3.8, 4) is 0 Å². The summed E-state index contributed by atoms with van der Waals surface area (Å²) in [4.78, 5) is 0. The molecule has 112 valence electrons. The second-order valence-corrected chi connectivity index (χ2v) is 6.05. The summed E-state index contributed by atoms with van der Waals surface area (Å²) in [6, 6.07) is 13.5. The number of rotatable bonds is 4. The Hall–Kier alpha value is -1.24. The van der Waals surface area contributed by atoms with Crippen molar-refractivity contribution in [2.45, 2.75) is 25.6 Å². The first-order valence-corrected chi connectivity index (χ1v) is 7.57. The molecule has 0 aliphatic heterocycles. The maximum atomic E-state index is 12.8. The zero-order valence-electron chi connectivity index (χ0n) is 11.4. The SMILES string of the molecule is Cc1ccc(NC(CC(F)(F)F)c2ccccc2)cc1I. The van der Waals surface area contributed by atoms with Crippen LogP contribution in [0.3, 0.4) is 0 Å². The molecular formula is C16H15F3IN. The van der Waals surface area contributed by atoms with Gasteiger partial charge in [-0.2, -0.15) is 13.2 Å². The maximum absolute atomic E-state index is 12.8. The van der Waals surface area contributed by atoms with Crippen molar-refractivity contribution < 1.29 is 13.2 Å². The predicted octanol–water partition coefficient (Wildman–Crippen LogP) is 5.71. The highest BCUT2D eigenvalue weighted by Gasteiger charge is 2.32. The van der Waals surface area contributed by atoms with Crippen LogP contribution in [0.4, 0.5) is 18.9 Å². The average molecular weight is 405 g/mol. The molecular weight excluding hydrogens is 390 g/mol. The number of hydrogen-bond donors (Lipinski definition) is 1. The Bertz CT molecular complexity index is 596. The van der Waals surface area contributed by atoms with Crippen LogP contribution in [-0.2, 0) is 0 Å². The highest BCUT2D eigenvalue weighted by Crippen LogP contribution is 2.32. The largest absolute Gasteiger partial charge is 0.391 e. The average Bonchev–Trinajstić information content (AvgIpc) is 2.42. The Morgan fingerprint density at radius 2 is 1.76 bits per heavy atom. The summed E-state index contributed by atoms with van der Waals surface area (Å²) in [5, 5.41) is 3.00. The minimum atomic E-state index is -4.22. The summed E-state index contributed by atoms with van der Waals surface area (Å²) in [5.74, 6) is 0. The van der Waals surface area contributed by atoms with Gasteiger partial charge in [0, 0.05) is 9.26 Å². The molecule has 0 aliphatic rings. The molecule has 1 N–H and O–H groups in total. The molecule has 0 saturated carbocycles. The number of anilines is 1.